The van der Waals surface area contributed by atoms with Crippen LogP contribution in [0.25, 0.3) is 0 Å². The van der Waals surface area contributed by atoms with E-state index in [1.807, 2.05) is 86.5 Å². The van der Waals surface area contributed by atoms with Crippen LogP contribution in [-0.4, -0.2) is 72.5 Å². The molecule has 10 nitrogen and oxygen atoms in total. The molecule has 228 valence electrons. The largest absolute Gasteiger partial charge is 0.508 e. The molecular formula is C34H38N6O4. The van der Waals surface area contributed by atoms with Gasteiger partial charge in [-0.1, -0.05) is 24.3 Å². The molecule has 4 rings (SSSR count). The molecule has 0 aliphatic heterocycles. The highest BCUT2D eigenvalue weighted by molar-refractivity contribution is 6.02. The number of phenolic OH excluding ortho intramolecular Hbond substituents is 4. The van der Waals surface area contributed by atoms with E-state index in [4.69, 9.17) is 0 Å². The van der Waals surface area contributed by atoms with E-state index in [0.717, 1.165) is 22.5 Å². The third-order valence-electron chi connectivity index (χ3n) is 6.39. The van der Waals surface area contributed by atoms with Gasteiger partial charge in [0.1, 0.15) is 23.0 Å². The molecule has 44 heavy (non-hydrogen) atoms. The molecule has 0 amide bonds. The molecule has 4 aromatic rings. The minimum absolute atomic E-state index is 0.0125. The average Bonchev–Trinajstić information content (AvgIpc) is 2.98. The van der Waals surface area contributed by atoms with Crippen LogP contribution in [0.15, 0.2) is 105 Å². The summed E-state index contributed by atoms with van der Waals surface area (Å²) in [6, 6.07) is 24.6. The molecule has 0 aliphatic rings. The molecule has 0 aromatic heterocycles. The van der Waals surface area contributed by atoms with Gasteiger partial charge in [0.2, 0.25) is 0 Å². The molecule has 0 radical (unpaired) electrons. The van der Waals surface area contributed by atoms with Crippen LogP contribution in [0.2, 0.25) is 0 Å². The Morgan fingerprint density at radius 2 is 0.864 bits per heavy atom. The van der Waals surface area contributed by atoms with Gasteiger partial charge in [0.15, 0.2) is 0 Å². The summed E-state index contributed by atoms with van der Waals surface area (Å²) in [5, 5.41) is 54.3. The van der Waals surface area contributed by atoms with Gasteiger partial charge in [0.05, 0.1) is 23.9 Å². The predicted molar refractivity (Wildman–Crippen MR) is 181 cm³/mol. The maximum Gasteiger partial charge on any atom is 0.128 e. The summed E-state index contributed by atoms with van der Waals surface area (Å²) in [5.41, 5.74) is 6.33. The lowest BCUT2D eigenvalue weighted by Crippen LogP contribution is -2.08. The molecule has 0 aliphatic carbocycles. The number of phenols is 4. The van der Waals surface area contributed by atoms with Crippen LogP contribution in [0.4, 0.5) is 11.4 Å². The smallest absolute Gasteiger partial charge is 0.128 e. The van der Waals surface area contributed by atoms with Gasteiger partial charge in [-0.2, -0.15) is 20.4 Å². The Morgan fingerprint density at radius 1 is 0.523 bits per heavy atom. The first-order valence-electron chi connectivity index (χ1n) is 13.7. The van der Waals surface area contributed by atoms with E-state index in [9.17, 15) is 20.4 Å². The molecule has 0 bridgehead atoms. The highest BCUT2D eigenvalue weighted by Crippen LogP contribution is 2.24. The Labute approximate surface area is 257 Å². The fraction of sp³-hybridized carbons (Fsp3) is 0.176. The van der Waals surface area contributed by atoms with Gasteiger partial charge in [0.25, 0.3) is 0 Å². The summed E-state index contributed by atoms with van der Waals surface area (Å²) in [4.78, 5) is 4.05. The normalized spacial score (nSPS) is 11.9. The highest BCUT2D eigenvalue weighted by atomic mass is 16.3. The summed E-state index contributed by atoms with van der Waals surface area (Å²) in [5.74, 6) is -0.0179. The predicted octanol–water partition coefficient (Wildman–Crippen LogP) is 6.01. The topological polar surface area (TPSA) is 137 Å². The van der Waals surface area contributed by atoms with Crippen LogP contribution in [0.1, 0.15) is 36.1 Å². The van der Waals surface area contributed by atoms with Crippen molar-refractivity contribution in [3.8, 4) is 23.0 Å². The van der Waals surface area contributed by atoms with E-state index in [2.05, 4.69) is 20.4 Å². The molecule has 4 N–H and O–H groups in total. The van der Waals surface area contributed by atoms with Crippen LogP contribution < -0.4 is 9.80 Å². The maximum atomic E-state index is 9.76. The zero-order valence-corrected chi connectivity index (χ0v) is 25.7. The van der Waals surface area contributed by atoms with Crippen LogP contribution >= 0.6 is 0 Å². The molecule has 10 heteroatoms. The number of hydrogen-bond acceptors (Lipinski definition) is 10. The number of hydrogen-bond donors (Lipinski definition) is 4. The molecule has 4 aromatic carbocycles. The summed E-state index contributed by atoms with van der Waals surface area (Å²) in [7, 11) is 7.95. The van der Waals surface area contributed by atoms with Crippen molar-refractivity contribution in [3.05, 3.63) is 107 Å². The van der Waals surface area contributed by atoms with Gasteiger partial charge in [-0.3, -0.25) is 0 Å². The number of benzene rings is 4. The first-order valence-corrected chi connectivity index (χ1v) is 13.7. The van der Waals surface area contributed by atoms with E-state index < -0.39 is 0 Å². The van der Waals surface area contributed by atoms with Crippen molar-refractivity contribution in [2.75, 3.05) is 38.0 Å². The van der Waals surface area contributed by atoms with Gasteiger partial charge >= 0.3 is 0 Å². The quantitative estimate of drug-likeness (QED) is 0.146. The van der Waals surface area contributed by atoms with Crippen molar-refractivity contribution in [2.24, 2.45) is 20.4 Å². The molecule has 0 saturated heterocycles. The summed E-state index contributed by atoms with van der Waals surface area (Å²) >= 11 is 0. The van der Waals surface area contributed by atoms with Crippen LogP contribution in [0.5, 0.6) is 23.0 Å². The number of nitrogens with zero attached hydrogens (tertiary/aromatic N) is 6. The lowest BCUT2D eigenvalue weighted by Gasteiger charge is -2.11. The molecule has 0 heterocycles. The lowest BCUT2D eigenvalue weighted by atomic mass is 10.1. The molecule has 0 fully saturated rings. The van der Waals surface area contributed by atoms with Crippen LogP contribution in [-0.2, 0) is 0 Å². The second kappa shape index (κ2) is 15.5. The van der Waals surface area contributed by atoms with E-state index in [1.54, 1.807) is 38.4 Å². The Morgan fingerprint density at radius 3 is 1.16 bits per heavy atom. The molecule has 0 unspecified atom stereocenters. The summed E-state index contributed by atoms with van der Waals surface area (Å²) in [6.07, 6.45) is 3.31. The minimum Gasteiger partial charge on any atom is -0.508 e. The third-order valence-corrected chi connectivity index (χ3v) is 6.39. The van der Waals surface area contributed by atoms with Gasteiger partial charge in [-0.15, -0.1) is 0 Å². The fourth-order valence-corrected chi connectivity index (χ4v) is 3.84. The SMILES string of the molecule is C/C(=N\N=C\c1ccc(N(C)C)cc1)c1ccc(O)cc1O.C/C(=N\N=C\c1ccc(N(C)C)cc1)c1ccc(O)cc1O. The highest BCUT2D eigenvalue weighted by Gasteiger charge is 2.06. The fourth-order valence-electron chi connectivity index (χ4n) is 3.84. The van der Waals surface area contributed by atoms with Crippen molar-refractivity contribution in [3.63, 3.8) is 0 Å². The lowest BCUT2D eigenvalue weighted by molar-refractivity contribution is 0.448. The van der Waals surface area contributed by atoms with E-state index >= 15 is 0 Å². The number of rotatable bonds is 8. The first kappa shape index (κ1) is 32.9. The third kappa shape index (κ3) is 9.73. The Bertz CT molecular complexity index is 1530. The maximum absolute atomic E-state index is 9.76. The minimum atomic E-state index is -0.0215. The van der Waals surface area contributed by atoms with E-state index in [1.165, 1.54) is 24.3 Å². The zero-order chi connectivity index (χ0) is 32.2. The van der Waals surface area contributed by atoms with Crippen LogP contribution in [0, 0.1) is 0 Å². The van der Waals surface area contributed by atoms with Crippen molar-refractivity contribution >= 4 is 35.2 Å². The molecule has 0 spiro atoms. The van der Waals surface area contributed by atoms with Gasteiger partial charge < -0.3 is 30.2 Å². The Balaban J connectivity index is 0.000000240. The van der Waals surface area contributed by atoms with Gasteiger partial charge in [-0.05, 0) is 73.5 Å². The number of aromatic hydroxyl groups is 4. The van der Waals surface area contributed by atoms with Crippen molar-refractivity contribution in [2.45, 2.75) is 13.8 Å². The van der Waals surface area contributed by atoms with Crippen molar-refractivity contribution in [1.82, 2.24) is 0 Å². The Hall–Kier alpha value is -5.64. The van der Waals surface area contributed by atoms with Gasteiger partial charge in [0, 0.05) is 62.8 Å². The average molecular weight is 595 g/mol. The monoisotopic (exact) mass is 594 g/mol. The van der Waals surface area contributed by atoms with E-state index in [-0.39, 0.29) is 23.0 Å². The van der Waals surface area contributed by atoms with Crippen LogP contribution in [0.3, 0.4) is 0 Å². The second-order valence-electron chi connectivity index (χ2n) is 10.2. The standard InChI is InChI=1S/2C17H19N3O2/c2*1-12(16-9-8-15(21)10-17(16)22)19-18-11-13-4-6-14(7-5-13)20(2)3/h2*4-11,21-22H,1-3H3/b2*18-11+,19-12+. The second-order valence-corrected chi connectivity index (χ2v) is 10.2. The van der Waals surface area contributed by atoms with E-state index in [0.29, 0.717) is 22.6 Å². The summed E-state index contributed by atoms with van der Waals surface area (Å²) < 4.78 is 0. The first-order chi connectivity index (χ1) is 20.9. The number of anilines is 2. The summed E-state index contributed by atoms with van der Waals surface area (Å²) in [6.45, 7) is 3.50. The van der Waals surface area contributed by atoms with Crippen molar-refractivity contribution < 1.29 is 20.4 Å². The molecular weight excluding hydrogens is 556 g/mol. The Kier molecular flexibility index (Phi) is 11.6. The molecule has 0 atom stereocenters. The molecule has 0 saturated carbocycles. The zero-order valence-electron chi connectivity index (χ0n) is 25.7. The van der Waals surface area contributed by atoms with Crippen molar-refractivity contribution in [1.29, 1.82) is 0 Å². The van der Waals surface area contributed by atoms with Gasteiger partial charge in [-0.25, -0.2) is 0 Å².